The minimum absolute atomic E-state index is 0. The number of carbonyl (C=O) groups is 1. The van der Waals surface area contributed by atoms with Gasteiger partial charge >= 0.3 is 5.97 Å². The van der Waals surface area contributed by atoms with Crippen LogP contribution in [0.4, 0.5) is 0 Å². The molecule has 180 valence electrons. The second-order valence-electron chi connectivity index (χ2n) is 9.50. The number of nitrogens with zero attached hydrogens (tertiary/aromatic N) is 1. The largest absolute Gasteiger partial charge is 1.00 e. The molecule has 0 spiro atoms. The molecular formula is C25H25Br2NO4S2. The van der Waals surface area contributed by atoms with E-state index < -0.39 is 11.6 Å². The number of quaternary nitrogens is 1. The van der Waals surface area contributed by atoms with E-state index in [9.17, 15) is 9.90 Å². The summed E-state index contributed by atoms with van der Waals surface area (Å²) in [6.45, 7) is 0.938. The fourth-order valence-electron chi connectivity index (χ4n) is 5.90. The number of benzene rings is 1. The summed E-state index contributed by atoms with van der Waals surface area (Å²) in [7, 11) is 2.32. The molecule has 2 aromatic heterocycles. The number of hydrogen-bond donors (Lipinski definition) is 1. The summed E-state index contributed by atoms with van der Waals surface area (Å²) >= 11 is 6.26. The van der Waals surface area contributed by atoms with Gasteiger partial charge in [0.2, 0.25) is 5.60 Å². The van der Waals surface area contributed by atoms with E-state index in [1.54, 1.807) is 12.1 Å². The third-order valence-corrected chi connectivity index (χ3v) is 10.1. The lowest BCUT2D eigenvalue weighted by Crippen LogP contribution is -3.00. The maximum Gasteiger partial charge on any atom is 0.349 e. The Morgan fingerprint density at radius 1 is 1.09 bits per heavy atom. The number of hydrogen-bond acceptors (Lipinski definition) is 6. The fraction of sp³-hybridized carbons (Fsp3) is 0.400. The van der Waals surface area contributed by atoms with E-state index in [1.807, 2.05) is 22.9 Å². The highest BCUT2D eigenvalue weighted by Gasteiger charge is 2.72. The first-order chi connectivity index (χ1) is 15.9. The number of halogens is 2. The standard InChI is InChI=1S/C25H25BrNO4S2.BrH/c1-27(14-15-6-8-16(26)9-7-15)18-12-17(13-19(27)23-22(18)31-23)30-24(28)25(29,20-4-2-10-32-20)21-5-3-11-33-21;/h2-11,17-19,22-23,29H,12-14H2,1H3;1H/q+1;/p-1. The van der Waals surface area contributed by atoms with Crippen LogP contribution in [-0.2, 0) is 26.4 Å². The molecule has 5 heterocycles. The zero-order valence-corrected chi connectivity index (χ0v) is 23.3. The molecular weight excluding hydrogens is 602 g/mol. The second kappa shape index (κ2) is 9.10. The SMILES string of the molecule is C[N+]1(Cc2ccc(Br)cc2)C2CC(OC(=O)C(O)(c3cccs3)c3cccs3)CC1C1OC12.[Br-]. The average molecular weight is 627 g/mol. The molecule has 6 rings (SSSR count). The van der Waals surface area contributed by atoms with Gasteiger partial charge in [0.1, 0.15) is 36.9 Å². The van der Waals surface area contributed by atoms with Crippen LogP contribution in [0.2, 0.25) is 0 Å². The van der Waals surface area contributed by atoms with Gasteiger partial charge in [0.15, 0.2) is 0 Å². The van der Waals surface area contributed by atoms with E-state index in [0.717, 1.165) is 28.3 Å². The van der Waals surface area contributed by atoms with Gasteiger partial charge in [-0.05, 0) is 35.0 Å². The molecule has 3 saturated heterocycles. The van der Waals surface area contributed by atoms with Gasteiger partial charge in [0, 0.05) is 22.9 Å². The van der Waals surface area contributed by atoms with Gasteiger partial charge in [-0.1, -0.05) is 40.2 Å². The Balaban J connectivity index is 0.00000241. The third kappa shape index (κ3) is 3.93. The van der Waals surface area contributed by atoms with Crippen molar-refractivity contribution in [2.75, 3.05) is 7.05 Å². The Morgan fingerprint density at radius 2 is 1.65 bits per heavy atom. The highest BCUT2D eigenvalue weighted by atomic mass is 79.9. The Bertz CT molecular complexity index is 1100. The predicted molar refractivity (Wildman–Crippen MR) is 131 cm³/mol. The highest BCUT2D eigenvalue weighted by molar-refractivity contribution is 9.10. The number of piperidine rings is 1. The quantitative estimate of drug-likeness (QED) is 0.257. The summed E-state index contributed by atoms with van der Waals surface area (Å²) in [5.41, 5.74) is -0.453. The van der Waals surface area contributed by atoms with Crippen molar-refractivity contribution in [1.82, 2.24) is 0 Å². The van der Waals surface area contributed by atoms with Crippen LogP contribution >= 0.6 is 38.6 Å². The molecule has 0 amide bonds. The molecule has 0 radical (unpaired) electrons. The van der Waals surface area contributed by atoms with E-state index in [1.165, 1.54) is 28.2 Å². The highest BCUT2D eigenvalue weighted by Crippen LogP contribution is 2.53. The summed E-state index contributed by atoms with van der Waals surface area (Å²) in [4.78, 5) is 14.6. The lowest BCUT2D eigenvalue weighted by atomic mass is 9.93. The molecule has 0 aliphatic carbocycles. The zero-order chi connectivity index (χ0) is 22.8. The van der Waals surface area contributed by atoms with Crippen molar-refractivity contribution < 1.29 is 40.8 Å². The van der Waals surface area contributed by atoms with Crippen molar-refractivity contribution in [1.29, 1.82) is 0 Å². The van der Waals surface area contributed by atoms with Crippen LogP contribution in [0.3, 0.4) is 0 Å². The number of carbonyl (C=O) groups excluding carboxylic acids is 1. The zero-order valence-electron chi connectivity index (χ0n) is 18.5. The van der Waals surface area contributed by atoms with Gasteiger partial charge in [0.05, 0.1) is 16.8 Å². The average Bonchev–Trinajstić information content (AvgIpc) is 3.15. The smallest absolute Gasteiger partial charge is 0.349 e. The summed E-state index contributed by atoms with van der Waals surface area (Å²) < 4.78 is 14.1. The number of esters is 1. The van der Waals surface area contributed by atoms with Crippen LogP contribution in [0.1, 0.15) is 28.2 Å². The predicted octanol–water partition coefficient (Wildman–Crippen LogP) is 1.68. The normalized spacial score (nSPS) is 31.4. The number of morpholine rings is 1. The Kier molecular flexibility index (Phi) is 6.59. The van der Waals surface area contributed by atoms with E-state index in [0.29, 0.717) is 9.75 Å². The number of rotatable bonds is 6. The second-order valence-corrected chi connectivity index (χ2v) is 12.3. The number of thiophene rings is 2. The van der Waals surface area contributed by atoms with Crippen molar-refractivity contribution >= 4 is 44.6 Å². The first-order valence-electron chi connectivity index (χ1n) is 11.2. The molecule has 4 unspecified atom stereocenters. The molecule has 2 bridgehead atoms. The molecule has 9 heteroatoms. The summed E-state index contributed by atoms with van der Waals surface area (Å²) in [5, 5.41) is 15.3. The lowest BCUT2D eigenvalue weighted by molar-refractivity contribution is -0.968. The number of epoxide rings is 1. The summed E-state index contributed by atoms with van der Waals surface area (Å²) in [5.74, 6) is -0.574. The van der Waals surface area contributed by atoms with Gasteiger partial charge in [-0.3, -0.25) is 0 Å². The Hall–Kier alpha value is -1.07. The molecule has 3 aromatic rings. The molecule has 34 heavy (non-hydrogen) atoms. The molecule has 3 fully saturated rings. The molecule has 3 aliphatic rings. The third-order valence-electron chi connectivity index (χ3n) is 7.61. The van der Waals surface area contributed by atoms with E-state index in [2.05, 4.69) is 47.2 Å². The minimum atomic E-state index is -1.76. The number of ether oxygens (including phenoxy) is 2. The number of aliphatic hydroxyl groups is 1. The van der Waals surface area contributed by atoms with Crippen LogP contribution < -0.4 is 17.0 Å². The van der Waals surface area contributed by atoms with Crippen LogP contribution in [0.25, 0.3) is 0 Å². The first-order valence-corrected chi connectivity index (χ1v) is 13.7. The van der Waals surface area contributed by atoms with Gasteiger partial charge in [0.25, 0.3) is 0 Å². The summed E-state index contributed by atoms with van der Waals surface area (Å²) in [6.07, 6.45) is 1.77. The monoisotopic (exact) mass is 625 g/mol. The van der Waals surface area contributed by atoms with Crippen LogP contribution in [0.5, 0.6) is 0 Å². The maximum atomic E-state index is 13.4. The van der Waals surface area contributed by atoms with Gasteiger partial charge in [-0.25, -0.2) is 4.79 Å². The minimum Gasteiger partial charge on any atom is -1.00 e. The molecule has 0 saturated carbocycles. The van der Waals surface area contributed by atoms with Crippen molar-refractivity contribution in [2.45, 2.75) is 55.4 Å². The van der Waals surface area contributed by atoms with Crippen LogP contribution in [0.15, 0.2) is 63.8 Å². The van der Waals surface area contributed by atoms with Crippen molar-refractivity contribution in [3.05, 3.63) is 79.1 Å². The van der Waals surface area contributed by atoms with Gasteiger partial charge in [-0.2, -0.15) is 0 Å². The number of fused-ring (bicyclic) bond motifs is 5. The van der Waals surface area contributed by atoms with Gasteiger partial charge < -0.3 is 36.0 Å². The van der Waals surface area contributed by atoms with E-state index >= 15 is 0 Å². The van der Waals surface area contributed by atoms with Crippen molar-refractivity contribution in [3.8, 4) is 0 Å². The van der Waals surface area contributed by atoms with Crippen LogP contribution in [0, 0.1) is 0 Å². The molecule has 1 aromatic carbocycles. The number of likely N-dealkylation sites (N-methyl/N-ethyl adjacent to an activating group) is 1. The Labute approximate surface area is 225 Å². The molecule has 1 N–H and O–H groups in total. The molecule has 3 aliphatic heterocycles. The first kappa shape index (κ1) is 24.6. The lowest BCUT2D eigenvalue weighted by Gasteiger charge is -2.48. The summed E-state index contributed by atoms with van der Waals surface area (Å²) in [6, 6.07) is 16.4. The van der Waals surface area contributed by atoms with Crippen molar-refractivity contribution in [3.63, 3.8) is 0 Å². The van der Waals surface area contributed by atoms with E-state index in [-0.39, 0.29) is 47.4 Å². The molecule has 4 atom stereocenters. The van der Waals surface area contributed by atoms with E-state index in [4.69, 9.17) is 9.47 Å². The maximum absolute atomic E-state index is 13.4. The van der Waals surface area contributed by atoms with Crippen LogP contribution in [-0.4, -0.2) is 53.0 Å². The van der Waals surface area contributed by atoms with Crippen molar-refractivity contribution in [2.24, 2.45) is 0 Å². The fourth-order valence-corrected chi connectivity index (χ4v) is 7.88. The topological polar surface area (TPSA) is 59.1 Å². The molecule has 5 nitrogen and oxygen atoms in total. The Morgan fingerprint density at radius 3 is 2.15 bits per heavy atom. The van der Waals surface area contributed by atoms with Gasteiger partial charge in [-0.15, -0.1) is 22.7 Å².